The lowest BCUT2D eigenvalue weighted by atomic mass is 9.85. The Hall–Kier alpha value is -1.60. The summed E-state index contributed by atoms with van der Waals surface area (Å²) < 4.78 is 32.3. The molecular formula is C16H21NO5S. The van der Waals surface area contributed by atoms with Crippen LogP contribution in [0.25, 0.3) is 0 Å². The fourth-order valence-electron chi connectivity index (χ4n) is 3.76. The van der Waals surface area contributed by atoms with Crippen molar-refractivity contribution in [2.24, 2.45) is 5.92 Å². The van der Waals surface area contributed by atoms with Crippen LogP contribution in [0.15, 0.2) is 29.2 Å². The standard InChI is InChI=1S/C16H21NO5S/c1-11-6-8-13(9-7-11)23(20,21)17-14-5-3-2-4-12(14)10-15(17)22-16(18)19/h6-9,12,14-15H,2-5,10H2,1H3,(H,18,19). The number of fused-ring (bicyclic) bond motifs is 1. The van der Waals surface area contributed by atoms with Crippen molar-refractivity contribution in [1.82, 2.24) is 4.31 Å². The van der Waals surface area contributed by atoms with Crippen molar-refractivity contribution in [2.75, 3.05) is 0 Å². The van der Waals surface area contributed by atoms with Crippen LogP contribution < -0.4 is 0 Å². The zero-order valence-corrected chi connectivity index (χ0v) is 13.8. The van der Waals surface area contributed by atoms with Gasteiger partial charge in [0.1, 0.15) is 0 Å². The van der Waals surface area contributed by atoms with Crippen molar-refractivity contribution in [1.29, 1.82) is 0 Å². The zero-order valence-electron chi connectivity index (χ0n) is 13.0. The molecule has 3 rings (SSSR count). The Morgan fingerprint density at radius 3 is 2.52 bits per heavy atom. The Bertz CT molecular complexity index is 685. The van der Waals surface area contributed by atoms with Gasteiger partial charge in [-0.15, -0.1) is 0 Å². The van der Waals surface area contributed by atoms with Crippen LogP contribution in [-0.2, 0) is 14.8 Å². The highest BCUT2D eigenvalue weighted by Gasteiger charge is 2.50. The van der Waals surface area contributed by atoms with E-state index in [1.165, 1.54) is 4.31 Å². The van der Waals surface area contributed by atoms with Crippen LogP contribution in [0.2, 0.25) is 0 Å². The number of nitrogens with zero attached hydrogens (tertiary/aromatic N) is 1. The molecule has 1 N–H and O–H groups in total. The lowest BCUT2D eigenvalue weighted by molar-refractivity contribution is 0.00986. The van der Waals surface area contributed by atoms with Gasteiger partial charge in [-0.25, -0.2) is 13.2 Å². The second-order valence-electron chi connectivity index (χ2n) is 6.33. The first-order valence-electron chi connectivity index (χ1n) is 7.89. The first-order valence-corrected chi connectivity index (χ1v) is 9.33. The molecule has 2 fully saturated rings. The molecule has 7 heteroatoms. The minimum atomic E-state index is -3.78. The van der Waals surface area contributed by atoms with Crippen LogP contribution in [0.3, 0.4) is 0 Å². The lowest BCUT2D eigenvalue weighted by Gasteiger charge is -2.32. The van der Waals surface area contributed by atoms with Gasteiger partial charge < -0.3 is 9.84 Å². The van der Waals surface area contributed by atoms with Gasteiger partial charge in [-0.2, -0.15) is 4.31 Å². The van der Waals surface area contributed by atoms with Crippen LogP contribution in [0, 0.1) is 12.8 Å². The van der Waals surface area contributed by atoms with Crippen LogP contribution >= 0.6 is 0 Å². The summed E-state index contributed by atoms with van der Waals surface area (Å²) >= 11 is 0. The fourth-order valence-corrected chi connectivity index (χ4v) is 5.55. The van der Waals surface area contributed by atoms with E-state index in [2.05, 4.69) is 0 Å². The van der Waals surface area contributed by atoms with Crippen molar-refractivity contribution in [3.8, 4) is 0 Å². The summed E-state index contributed by atoms with van der Waals surface area (Å²) in [6.45, 7) is 1.89. The van der Waals surface area contributed by atoms with E-state index in [9.17, 15) is 13.2 Å². The van der Waals surface area contributed by atoms with E-state index in [1.807, 2.05) is 6.92 Å². The van der Waals surface area contributed by atoms with Crippen molar-refractivity contribution < 1.29 is 23.1 Å². The van der Waals surface area contributed by atoms with Crippen LogP contribution in [0.1, 0.15) is 37.7 Å². The number of carbonyl (C=O) groups is 1. The zero-order chi connectivity index (χ0) is 16.6. The number of hydrogen-bond acceptors (Lipinski definition) is 4. The summed E-state index contributed by atoms with van der Waals surface area (Å²) in [5, 5.41) is 8.95. The fraction of sp³-hybridized carbons (Fsp3) is 0.562. The Morgan fingerprint density at radius 2 is 1.87 bits per heavy atom. The first-order chi connectivity index (χ1) is 10.9. The summed E-state index contributed by atoms with van der Waals surface area (Å²) in [7, 11) is -3.78. The molecule has 126 valence electrons. The molecular weight excluding hydrogens is 318 g/mol. The Morgan fingerprint density at radius 1 is 1.22 bits per heavy atom. The molecule has 23 heavy (non-hydrogen) atoms. The van der Waals surface area contributed by atoms with E-state index in [4.69, 9.17) is 9.84 Å². The maximum atomic E-state index is 13.0. The molecule has 1 heterocycles. The van der Waals surface area contributed by atoms with Crippen LogP contribution in [0.5, 0.6) is 0 Å². The van der Waals surface area contributed by atoms with Gasteiger partial charge in [0.25, 0.3) is 0 Å². The first kappa shape index (κ1) is 16.3. The van der Waals surface area contributed by atoms with Gasteiger partial charge in [0, 0.05) is 12.5 Å². The predicted molar refractivity (Wildman–Crippen MR) is 83.5 cm³/mol. The Kier molecular flexibility index (Phi) is 4.33. The van der Waals surface area contributed by atoms with Crippen LogP contribution in [0.4, 0.5) is 4.79 Å². The highest BCUT2D eigenvalue weighted by atomic mass is 32.2. The van der Waals surface area contributed by atoms with E-state index in [0.717, 1.165) is 31.2 Å². The number of hydrogen-bond donors (Lipinski definition) is 1. The molecule has 0 spiro atoms. The largest absolute Gasteiger partial charge is 0.507 e. The molecule has 0 radical (unpaired) electrons. The van der Waals surface area contributed by atoms with E-state index in [-0.39, 0.29) is 16.9 Å². The molecule has 0 aromatic heterocycles. The summed E-state index contributed by atoms with van der Waals surface area (Å²) in [6.07, 6.45) is 1.78. The molecule has 3 unspecified atom stereocenters. The second-order valence-corrected chi connectivity index (χ2v) is 8.18. The number of rotatable bonds is 3. The third-order valence-electron chi connectivity index (χ3n) is 4.82. The minimum absolute atomic E-state index is 0.167. The molecule has 2 aliphatic rings. The maximum Gasteiger partial charge on any atom is 0.507 e. The van der Waals surface area contributed by atoms with E-state index in [1.54, 1.807) is 24.3 Å². The average Bonchev–Trinajstić information content (AvgIpc) is 2.85. The molecule has 1 aliphatic carbocycles. The third kappa shape index (κ3) is 3.07. The maximum absolute atomic E-state index is 13.0. The van der Waals surface area contributed by atoms with Crippen molar-refractivity contribution >= 4 is 16.2 Å². The number of sulfonamides is 1. The van der Waals surface area contributed by atoms with Gasteiger partial charge in [0.05, 0.1) is 4.90 Å². The van der Waals surface area contributed by atoms with Gasteiger partial charge in [0.2, 0.25) is 10.0 Å². The van der Waals surface area contributed by atoms with E-state index in [0.29, 0.717) is 6.42 Å². The molecule has 1 aromatic carbocycles. The summed E-state index contributed by atoms with van der Waals surface area (Å²) in [5.74, 6) is 0.174. The number of ether oxygens (including phenoxy) is 1. The van der Waals surface area contributed by atoms with Crippen molar-refractivity contribution in [2.45, 2.75) is 56.2 Å². The number of carboxylic acid groups (broad SMARTS) is 1. The highest BCUT2D eigenvalue weighted by molar-refractivity contribution is 7.89. The quantitative estimate of drug-likeness (QED) is 0.856. The van der Waals surface area contributed by atoms with Gasteiger partial charge >= 0.3 is 6.16 Å². The van der Waals surface area contributed by atoms with Crippen molar-refractivity contribution in [3.05, 3.63) is 29.8 Å². The minimum Gasteiger partial charge on any atom is -0.450 e. The smallest absolute Gasteiger partial charge is 0.450 e. The molecule has 1 aliphatic heterocycles. The molecule has 1 aromatic rings. The molecule has 0 amide bonds. The molecule has 0 bridgehead atoms. The monoisotopic (exact) mass is 339 g/mol. The summed E-state index contributed by atoms with van der Waals surface area (Å²) in [5.41, 5.74) is 0.972. The third-order valence-corrected chi connectivity index (χ3v) is 6.75. The second kappa shape index (κ2) is 6.13. The molecule has 3 atom stereocenters. The molecule has 6 nitrogen and oxygen atoms in total. The number of benzene rings is 1. The van der Waals surface area contributed by atoms with Gasteiger partial charge in [0.15, 0.2) is 6.23 Å². The van der Waals surface area contributed by atoms with Crippen molar-refractivity contribution in [3.63, 3.8) is 0 Å². The van der Waals surface area contributed by atoms with E-state index >= 15 is 0 Å². The topological polar surface area (TPSA) is 83.9 Å². The van der Waals surface area contributed by atoms with Gasteiger partial charge in [-0.1, -0.05) is 30.5 Å². The Balaban J connectivity index is 1.97. The van der Waals surface area contributed by atoms with Gasteiger partial charge in [-0.05, 0) is 37.8 Å². The highest BCUT2D eigenvalue weighted by Crippen LogP contribution is 2.43. The summed E-state index contributed by atoms with van der Waals surface area (Å²) in [4.78, 5) is 11.2. The SMILES string of the molecule is Cc1ccc(S(=O)(=O)N2C(OC(=O)O)CC3CCCCC32)cc1. The molecule has 1 saturated carbocycles. The molecule has 1 saturated heterocycles. The summed E-state index contributed by atoms with van der Waals surface area (Å²) in [6, 6.07) is 6.46. The predicted octanol–water partition coefficient (Wildman–Crippen LogP) is 2.97. The van der Waals surface area contributed by atoms with Gasteiger partial charge in [-0.3, -0.25) is 0 Å². The van der Waals surface area contributed by atoms with Crippen LogP contribution in [-0.4, -0.2) is 36.3 Å². The Labute approximate surface area is 136 Å². The lowest BCUT2D eigenvalue weighted by Crippen LogP contribution is -2.44. The normalized spacial score (nSPS) is 28.3. The number of aryl methyl sites for hydroxylation is 1. The van der Waals surface area contributed by atoms with E-state index < -0.39 is 22.4 Å². The average molecular weight is 339 g/mol.